The summed E-state index contributed by atoms with van der Waals surface area (Å²) >= 11 is 0. The molecule has 10 rings (SSSR count). The fourth-order valence-corrected chi connectivity index (χ4v) is 7.97. The molecule has 1 spiro atoms. The Balaban J connectivity index is 1.18. The minimum atomic E-state index is -0.430. The number of fused-ring (bicyclic) bond motifs is 10. The molecule has 5 aromatic carbocycles. The highest BCUT2D eigenvalue weighted by Crippen LogP contribution is 2.62. The molecular formula is C45H28N4. The van der Waals surface area contributed by atoms with Crippen LogP contribution < -0.4 is 0 Å². The van der Waals surface area contributed by atoms with Gasteiger partial charge in [0.15, 0.2) is 5.82 Å². The zero-order chi connectivity index (χ0) is 32.4. The van der Waals surface area contributed by atoms with E-state index in [4.69, 9.17) is 9.97 Å². The van der Waals surface area contributed by atoms with Crippen molar-refractivity contribution >= 4 is 0 Å². The van der Waals surface area contributed by atoms with Gasteiger partial charge in [-0.05, 0) is 80.9 Å². The molecule has 0 fully saturated rings. The monoisotopic (exact) mass is 624 g/mol. The molecule has 8 aromatic rings. The van der Waals surface area contributed by atoms with E-state index in [2.05, 4.69) is 131 Å². The van der Waals surface area contributed by atoms with Crippen molar-refractivity contribution < 1.29 is 0 Å². The minimum absolute atomic E-state index is 0.430. The third-order valence-electron chi connectivity index (χ3n) is 10.1. The molecule has 0 N–H and O–H groups in total. The van der Waals surface area contributed by atoms with Gasteiger partial charge in [-0.3, -0.25) is 9.97 Å². The summed E-state index contributed by atoms with van der Waals surface area (Å²) in [5.74, 6) is 0.679. The molecule has 2 aliphatic carbocycles. The quantitative estimate of drug-likeness (QED) is 0.196. The Morgan fingerprint density at radius 1 is 0.367 bits per heavy atom. The topological polar surface area (TPSA) is 51.6 Å². The Morgan fingerprint density at radius 2 is 0.918 bits per heavy atom. The zero-order valence-corrected chi connectivity index (χ0v) is 26.5. The van der Waals surface area contributed by atoms with E-state index >= 15 is 0 Å². The first-order valence-corrected chi connectivity index (χ1v) is 16.5. The van der Waals surface area contributed by atoms with Crippen LogP contribution in [0.5, 0.6) is 0 Å². The van der Waals surface area contributed by atoms with E-state index in [9.17, 15) is 0 Å². The molecule has 3 heterocycles. The third kappa shape index (κ3) is 4.11. The highest BCUT2D eigenvalue weighted by molar-refractivity contribution is 5.95. The lowest BCUT2D eigenvalue weighted by Crippen LogP contribution is -2.25. The van der Waals surface area contributed by atoms with Gasteiger partial charge in [-0.15, -0.1) is 0 Å². The molecule has 228 valence electrons. The van der Waals surface area contributed by atoms with Crippen LogP contribution in [-0.4, -0.2) is 19.9 Å². The van der Waals surface area contributed by atoms with E-state index in [-0.39, 0.29) is 0 Å². The number of hydrogen-bond acceptors (Lipinski definition) is 4. The van der Waals surface area contributed by atoms with E-state index < -0.39 is 5.41 Å². The number of hydrogen-bond donors (Lipinski definition) is 0. The fourth-order valence-electron chi connectivity index (χ4n) is 7.97. The molecule has 4 nitrogen and oxygen atoms in total. The van der Waals surface area contributed by atoms with Crippen LogP contribution in [0.3, 0.4) is 0 Å². The van der Waals surface area contributed by atoms with E-state index in [1.54, 1.807) is 6.20 Å². The lowest BCUT2D eigenvalue weighted by molar-refractivity contribution is 0.794. The van der Waals surface area contributed by atoms with Crippen LogP contribution in [0.4, 0.5) is 0 Å². The lowest BCUT2D eigenvalue weighted by Gasteiger charge is -2.30. The molecule has 0 radical (unpaired) electrons. The predicted octanol–water partition coefficient (Wildman–Crippen LogP) is 10.3. The number of pyridine rings is 2. The van der Waals surface area contributed by atoms with Crippen molar-refractivity contribution in [3.63, 3.8) is 0 Å². The van der Waals surface area contributed by atoms with Gasteiger partial charge in [0.1, 0.15) is 0 Å². The van der Waals surface area contributed by atoms with Crippen molar-refractivity contribution in [3.8, 4) is 67.4 Å². The standard InChI is InChI=1S/C45H28N4/c1-4-14-37-33(11-1)34-12-2-5-15-38(34)45(37)39-16-6-3-13-35(39)36-23-22-31(26-40(36)45)44-48-42(27-43(49-44)32-10-9-24-46-28-32)30-20-18-29(19-21-30)41-17-7-8-25-47-41/h1-28H. The summed E-state index contributed by atoms with van der Waals surface area (Å²) in [5.41, 5.74) is 16.5. The summed E-state index contributed by atoms with van der Waals surface area (Å²) in [6.45, 7) is 0. The van der Waals surface area contributed by atoms with Crippen LogP contribution in [-0.2, 0) is 5.41 Å². The molecule has 0 atom stereocenters. The van der Waals surface area contributed by atoms with Gasteiger partial charge >= 0.3 is 0 Å². The third-order valence-corrected chi connectivity index (χ3v) is 10.1. The molecule has 0 saturated carbocycles. The Bertz CT molecular complexity index is 2480. The molecule has 0 amide bonds. The number of aromatic nitrogens is 4. The smallest absolute Gasteiger partial charge is 0.160 e. The number of nitrogens with zero attached hydrogens (tertiary/aromatic N) is 4. The second kappa shape index (κ2) is 10.8. The molecular weight excluding hydrogens is 597 g/mol. The Labute approximate surface area is 284 Å². The molecule has 4 heteroatoms. The van der Waals surface area contributed by atoms with Crippen molar-refractivity contribution in [2.75, 3.05) is 0 Å². The maximum absolute atomic E-state index is 5.23. The van der Waals surface area contributed by atoms with Crippen LogP contribution in [0.15, 0.2) is 170 Å². The van der Waals surface area contributed by atoms with Crippen molar-refractivity contribution in [2.45, 2.75) is 5.41 Å². The van der Waals surface area contributed by atoms with Gasteiger partial charge in [-0.25, -0.2) is 9.97 Å². The van der Waals surface area contributed by atoms with Gasteiger partial charge < -0.3 is 0 Å². The maximum atomic E-state index is 5.23. The minimum Gasteiger partial charge on any atom is -0.264 e. The summed E-state index contributed by atoms with van der Waals surface area (Å²) < 4.78 is 0. The Hall–Kier alpha value is -6.52. The first-order valence-electron chi connectivity index (χ1n) is 16.5. The second-order valence-electron chi connectivity index (χ2n) is 12.6. The van der Waals surface area contributed by atoms with E-state index in [0.717, 1.165) is 39.3 Å². The summed E-state index contributed by atoms with van der Waals surface area (Å²) in [7, 11) is 0. The van der Waals surface area contributed by atoms with Crippen LogP contribution in [0.2, 0.25) is 0 Å². The fraction of sp³-hybridized carbons (Fsp3) is 0.0222. The molecule has 0 saturated heterocycles. The van der Waals surface area contributed by atoms with Crippen LogP contribution >= 0.6 is 0 Å². The molecule has 0 aliphatic heterocycles. The predicted molar refractivity (Wildman–Crippen MR) is 196 cm³/mol. The van der Waals surface area contributed by atoms with Crippen LogP contribution in [0.1, 0.15) is 22.3 Å². The van der Waals surface area contributed by atoms with Gasteiger partial charge in [0, 0.05) is 40.8 Å². The van der Waals surface area contributed by atoms with E-state index in [1.165, 1.54) is 44.5 Å². The van der Waals surface area contributed by atoms with Crippen molar-refractivity contribution in [1.82, 2.24) is 19.9 Å². The maximum Gasteiger partial charge on any atom is 0.160 e. The first kappa shape index (κ1) is 27.6. The summed E-state index contributed by atoms with van der Waals surface area (Å²) in [5, 5.41) is 0. The SMILES string of the molecule is c1ccc(-c2ccc(-c3cc(-c4cccnc4)nc(-c4ccc5c(c4)C4(c6ccccc6-c6ccccc64)c4ccccc4-5)n3)cc2)nc1. The largest absolute Gasteiger partial charge is 0.264 e. The molecule has 49 heavy (non-hydrogen) atoms. The summed E-state index contributed by atoms with van der Waals surface area (Å²) in [6.07, 6.45) is 5.47. The average molecular weight is 625 g/mol. The lowest BCUT2D eigenvalue weighted by atomic mass is 9.70. The Morgan fingerprint density at radius 3 is 1.51 bits per heavy atom. The summed E-state index contributed by atoms with van der Waals surface area (Å²) in [4.78, 5) is 19.3. The van der Waals surface area contributed by atoms with Gasteiger partial charge in [0.2, 0.25) is 0 Å². The van der Waals surface area contributed by atoms with Crippen molar-refractivity contribution in [1.29, 1.82) is 0 Å². The van der Waals surface area contributed by atoms with Gasteiger partial charge in [0.05, 0.1) is 22.5 Å². The van der Waals surface area contributed by atoms with Gasteiger partial charge in [0.25, 0.3) is 0 Å². The zero-order valence-electron chi connectivity index (χ0n) is 26.5. The average Bonchev–Trinajstić information content (AvgIpc) is 3.66. The second-order valence-corrected chi connectivity index (χ2v) is 12.6. The normalized spacial score (nSPS) is 13.1. The van der Waals surface area contributed by atoms with Crippen molar-refractivity contribution in [3.05, 3.63) is 193 Å². The summed E-state index contributed by atoms with van der Waals surface area (Å²) in [6, 6.07) is 53.9. The van der Waals surface area contributed by atoms with Gasteiger partial charge in [-0.1, -0.05) is 115 Å². The molecule has 2 aliphatic rings. The van der Waals surface area contributed by atoms with Crippen LogP contribution in [0.25, 0.3) is 67.4 Å². The number of rotatable bonds is 4. The van der Waals surface area contributed by atoms with Crippen LogP contribution in [0, 0.1) is 0 Å². The highest BCUT2D eigenvalue weighted by atomic mass is 14.9. The number of benzene rings is 5. The van der Waals surface area contributed by atoms with Gasteiger partial charge in [-0.2, -0.15) is 0 Å². The molecule has 3 aromatic heterocycles. The van der Waals surface area contributed by atoms with E-state index in [1.807, 2.05) is 42.7 Å². The first-order chi connectivity index (χ1) is 24.3. The van der Waals surface area contributed by atoms with E-state index in [0.29, 0.717) is 5.82 Å². The molecule has 0 unspecified atom stereocenters. The van der Waals surface area contributed by atoms with Crippen molar-refractivity contribution in [2.24, 2.45) is 0 Å². The highest BCUT2D eigenvalue weighted by Gasteiger charge is 2.51. The molecule has 0 bridgehead atoms. The Kier molecular flexibility index (Phi) is 6.06.